The first kappa shape index (κ1) is 12.5. The highest BCUT2D eigenvalue weighted by molar-refractivity contribution is 5.87. The molecule has 0 saturated carbocycles. The Labute approximate surface area is 88.8 Å². The Bertz CT molecular complexity index is 250. The van der Waals surface area contributed by atoms with E-state index in [2.05, 4.69) is 5.43 Å². The fourth-order valence-corrected chi connectivity index (χ4v) is 1.84. The summed E-state index contributed by atoms with van der Waals surface area (Å²) in [5, 5.41) is 1.56. The predicted molar refractivity (Wildman–Crippen MR) is 53.5 cm³/mol. The van der Waals surface area contributed by atoms with Gasteiger partial charge in [0.15, 0.2) is 0 Å². The number of hydrazine groups is 1. The lowest BCUT2D eigenvalue weighted by atomic mass is 9.80. The lowest BCUT2D eigenvalue weighted by Crippen LogP contribution is -2.43. The number of nitrogens with one attached hydrogen (secondary N) is 1. The second kappa shape index (κ2) is 4.14. The molecule has 0 radical (unpaired) electrons. The molecule has 0 aromatic rings. The number of halogens is 2. The molecule has 1 heterocycles. The van der Waals surface area contributed by atoms with Crippen molar-refractivity contribution < 1.29 is 13.6 Å². The Hall–Kier alpha value is -0.550. The zero-order valence-electron chi connectivity index (χ0n) is 9.55. The lowest BCUT2D eigenvalue weighted by Gasteiger charge is -2.24. The molecule has 1 N–H and O–H groups in total. The maximum atomic E-state index is 12.7. The van der Waals surface area contributed by atoms with Gasteiger partial charge in [0.1, 0.15) is 5.78 Å². The number of alkyl halides is 2. The Morgan fingerprint density at radius 2 is 2.00 bits per heavy atom. The van der Waals surface area contributed by atoms with E-state index in [4.69, 9.17) is 0 Å². The van der Waals surface area contributed by atoms with E-state index < -0.39 is 23.8 Å². The van der Waals surface area contributed by atoms with Crippen LogP contribution in [0.2, 0.25) is 0 Å². The van der Waals surface area contributed by atoms with Crippen molar-refractivity contribution in [1.82, 2.24) is 10.4 Å². The number of nitrogens with zero attached hydrogens (tertiary/aromatic N) is 1. The highest BCUT2D eigenvalue weighted by atomic mass is 19.3. The number of carbonyl (C=O) groups is 1. The van der Waals surface area contributed by atoms with Crippen molar-refractivity contribution in [1.29, 1.82) is 0 Å². The van der Waals surface area contributed by atoms with Gasteiger partial charge in [-0.2, -0.15) is 0 Å². The molecule has 5 heteroatoms. The topological polar surface area (TPSA) is 32.3 Å². The summed E-state index contributed by atoms with van der Waals surface area (Å²) in [5.41, 5.74) is 2.05. The summed E-state index contributed by atoms with van der Waals surface area (Å²) in [7, 11) is 1.67. The van der Waals surface area contributed by atoms with Gasteiger partial charge in [0.25, 0.3) is 6.43 Å². The van der Waals surface area contributed by atoms with Crippen LogP contribution in [0.4, 0.5) is 8.78 Å². The molecule has 1 aliphatic heterocycles. The fourth-order valence-electron chi connectivity index (χ4n) is 1.84. The van der Waals surface area contributed by atoms with Gasteiger partial charge >= 0.3 is 0 Å². The minimum absolute atomic E-state index is 0.107. The van der Waals surface area contributed by atoms with Crippen LogP contribution in [0.15, 0.2) is 0 Å². The molecular formula is C10H18F2N2O. The average molecular weight is 220 g/mol. The number of rotatable bonds is 2. The zero-order chi connectivity index (χ0) is 11.8. The molecule has 1 fully saturated rings. The van der Waals surface area contributed by atoms with Crippen LogP contribution in [0.25, 0.3) is 0 Å². The van der Waals surface area contributed by atoms with Crippen molar-refractivity contribution in [2.75, 3.05) is 13.6 Å². The Kier molecular flexibility index (Phi) is 3.45. The molecule has 1 rings (SSSR count). The Morgan fingerprint density at radius 1 is 1.47 bits per heavy atom. The van der Waals surface area contributed by atoms with Crippen molar-refractivity contribution in [3.8, 4) is 0 Å². The maximum absolute atomic E-state index is 12.7. The molecule has 2 atom stereocenters. The van der Waals surface area contributed by atoms with Gasteiger partial charge < -0.3 is 0 Å². The molecule has 0 aromatic carbocycles. The van der Waals surface area contributed by atoms with Gasteiger partial charge in [0.05, 0.1) is 12.0 Å². The molecule has 0 amide bonds. The van der Waals surface area contributed by atoms with Crippen LogP contribution in [0.1, 0.15) is 20.8 Å². The first-order valence-corrected chi connectivity index (χ1v) is 5.03. The van der Waals surface area contributed by atoms with Crippen molar-refractivity contribution >= 4 is 5.78 Å². The fraction of sp³-hybridized carbons (Fsp3) is 0.900. The van der Waals surface area contributed by atoms with Gasteiger partial charge in [-0.25, -0.2) is 19.2 Å². The zero-order valence-corrected chi connectivity index (χ0v) is 9.55. The Morgan fingerprint density at radius 3 is 2.40 bits per heavy atom. The van der Waals surface area contributed by atoms with Crippen molar-refractivity contribution in [2.45, 2.75) is 33.2 Å². The van der Waals surface area contributed by atoms with E-state index >= 15 is 0 Å². The maximum Gasteiger partial charge on any atom is 0.255 e. The van der Waals surface area contributed by atoms with Gasteiger partial charge in [-0.1, -0.05) is 20.8 Å². The van der Waals surface area contributed by atoms with Crippen LogP contribution in [0.3, 0.4) is 0 Å². The molecule has 0 spiro atoms. The molecule has 0 aromatic heterocycles. The smallest absolute Gasteiger partial charge is 0.255 e. The molecule has 15 heavy (non-hydrogen) atoms. The molecule has 0 aliphatic carbocycles. The van der Waals surface area contributed by atoms with Crippen LogP contribution in [0.5, 0.6) is 0 Å². The van der Waals surface area contributed by atoms with Gasteiger partial charge in [0.2, 0.25) is 0 Å². The number of ketones is 1. The van der Waals surface area contributed by atoms with Crippen molar-refractivity contribution in [3.05, 3.63) is 0 Å². The Balaban J connectivity index is 2.80. The van der Waals surface area contributed by atoms with Gasteiger partial charge in [-0.05, 0) is 0 Å². The lowest BCUT2D eigenvalue weighted by molar-refractivity contribution is -0.131. The number of carbonyl (C=O) groups excluding carboxylic acids is 1. The van der Waals surface area contributed by atoms with E-state index in [1.54, 1.807) is 32.8 Å². The van der Waals surface area contributed by atoms with E-state index in [9.17, 15) is 13.6 Å². The van der Waals surface area contributed by atoms with Crippen LogP contribution < -0.4 is 5.43 Å². The molecule has 2 unspecified atom stereocenters. The summed E-state index contributed by atoms with van der Waals surface area (Å²) in [5.74, 6) is -0.723. The summed E-state index contributed by atoms with van der Waals surface area (Å²) in [6, 6.07) is -1.04. The van der Waals surface area contributed by atoms with Gasteiger partial charge in [0, 0.05) is 19.0 Å². The molecular weight excluding hydrogens is 202 g/mol. The van der Waals surface area contributed by atoms with Crippen LogP contribution >= 0.6 is 0 Å². The minimum atomic E-state index is -2.51. The second-order valence-electron chi connectivity index (χ2n) is 5.09. The third kappa shape index (κ3) is 2.72. The summed E-state index contributed by atoms with van der Waals surface area (Å²) < 4.78 is 25.3. The van der Waals surface area contributed by atoms with E-state index in [-0.39, 0.29) is 5.78 Å². The van der Waals surface area contributed by atoms with Crippen LogP contribution in [0, 0.1) is 11.3 Å². The van der Waals surface area contributed by atoms with Crippen LogP contribution in [-0.2, 0) is 4.79 Å². The molecule has 88 valence electrons. The summed E-state index contributed by atoms with van der Waals surface area (Å²) in [6.07, 6.45) is -2.51. The first-order chi connectivity index (χ1) is 6.73. The largest absolute Gasteiger partial charge is 0.299 e. The third-order valence-corrected chi connectivity index (χ3v) is 2.62. The monoisotopic (exact) mass is 220 g/mol. The van der Waals surface area contributed by atoms with Crippen molar-refractivity contribution in [2.24, 2.45) is 11.3 Å². The second-order valence-corrected chi connectivity index (χ2v) is 5.09. The van der Waals surface area contributed by atoms with Gasteiger partial charge in [-0.3, -0.25) is 4.79 Å². The highest BCUT2D eigenvalue weighted by Gasteiger charge is 2.44. The van der Waals surface area contributed by atoms with Gasteiger partial charge in [-0.15, -0.1) is 0 Å². The summed E-state index contributed by atoms with van der Waals surface area (Å²) >= 11 is 0. The summed E-state index contributed by atoms with van der Waals surface area (Å²) in [4.78, 5) is 11.9. The first-order valence-electron chi connectivity index (χ1n) is 5.03. The van der Waals surface area contributed by atoms with E-state index in [0.29, 0.717) is 6.54 Å². The molecule has 3 nitrogen and oxygen atoms in total. The predicted octanol–water partition coefficient (Wildman–Crippen LogP) is 1.30. The number of Topliss-reactive ketones (excluding diaryl/α,β-unsaturated/α-hetero) is 1. The highest BCUT2D eigenvalue weighted by Crippen LogP contribution is 2.28. The standard InChI is InChI=1S/C10H18F2N2O/c1-10(2,3)8(15)6-5-14(4)13-7(6)9(11)12/h6-7,9,13H,5H2,1-4H3. The average Bonchev–Trinajstić information content (AvgIpc) is 2.44. The molecule has 0 bridgehead atoms. The van der Waals surface area contributed by atoms with E-state index in [1.165, 1.54) is 0 Å². The third-order valence-electron chi connectivity index (χ3n) is 2.62. The molecule has 1 saturated heterocycles. The normalized spacial score (nSPS) is 28.7. The SMILES string of the molecule is CN1CC(C(=O)C(C)(C)C)C(C(F)F)N1. The van der Waals surface area contributed by atoms with E-state index in [0.717, 1.165) is 0 Å². The summed E-state index contributed by atoms with van der Waals surface area (Å²) in [6.45, 7) is 5.63. The molecule has 1 aliphatic rings. The number of hydrogen-bond acceptors (Lipinski definition) is 3. The van der Waals surface area contributed by atoms with Crippen molar-refractivity contribution in [3.63, 3.8) is 0 Å². The minimum Gasteiger partial charge on any atom is -0.299 e. The number of hydrogen-bond donors (Lipinski definition) is 1. The van der Waals surface area contributed by atoms with E-state index in [1.807, 2.05) is 0 Å². The van der Waals surface area contributed by atoms with Crippen LogP contribution in [-0.4, -0.2) is 36.9 Å². The quantitative estimate of drug-likeness (QED) is 0.761.